The summed E-state index contributed by atoms with van der Waals surface area (Å²) in [4.78, 5) is 20.4. The second-order valence-corrected chi connectivity index (χ2v) is 7.06. The predicted molar refractivity (Wildman–Crippen MR) is 125 cm³/mol. The monoisotopic (exact) mass is 472 g/mol. The van der Waals surface area contributed by atoms with E-state index in [0.29, 0.717) is 32.5 Å². The van der Waals surface area contributed by atoms with Gasteiger partial charge in [0.05, 0.1) is 43.7 Å². The van der Waals surface area contributed by atoms with Crippen molar-refractivity contribution >= 4 is 58.4 Å². The second-order valence-electron chi connectivity index (χ2n) is 6.24. The fraction of sp³-hybridized carbons (Fsp3) is 0. The Morgan fingerprint density at radius 2 is 1.03 bits per heavy atom. The molecule has 0 saturated heterocycles. The molecule has 0 heterocycles. The van der Waals surface area contributed by atoms with Gasteiger partial charge < -0.3 is 0 Å². The molecule has 162 valence electrons. The van der Waals surface area contributed by atoms with Crippen molar-refractivity contribution in [2.24, 2.45) is 10.2 Å². The number of hydrogen-bond donors (Lipinski definition) is 2. The zero-order valence-electron chi connectivity index (χ0n) is 16.1. The number of hydrazone groups is 2. The zero-order valence-corrected chi connectivity index (χ0v) is 17.6. The number of nitrogens with zero attached hydrogens (tertiary/aromatic N) is 4. The molecule has 2 N–H and O–H groups in total. The highest BCUT2D eigenvalue weighted by Gasteiger charge is 2.06. The maximum Gasteiger partial charge on any atom is 0.269 e. The minimum Gasteiger partial charge on any atom is -0.278 e. The lowest BCUT2D eigenvalue weighted by Crippen LogP contribution is -1.95. The lowest BCUT2D eigenvalue weighted by atomic mass is 10.1. The molecule has 0 unspecified atom stereocenters. The van der Waals surface area contributed by atoms with E-state index >= 15 is 0 Å². The number of benzene rings is 3. The SMILES string of the molecule is O=[N+]([O-])c1ccc(N/N=C\c2cc(Cl)c(/C=N/Nc3ccc([N+](=O)[O-])cc3)cc2Cl)cc1. The minimum atomic E-state index is -0.485. The number of hydrogen-bond acceptors (Lipinski definition) is 8. The normalized spacial score (nSPS) is 11.1. The van der Waals surface area contributed by atoms with Gasteiger partial charge in [-0.25, -0.2) is 0 Å². The van der Waals surface area contributed by atoms with Gasteiger partial charge in [0.15, 0.2) is 0 Å². The van der Waals surface area contributed by atoms with E-state index < -0.39 is 9.85 Å². The molecule has 0 aliphatic rings. The van der Waals surface area contributed by atoms with E-state index in [1.165, 1.54) is 61.0 Å². The van der Waals surface area contributed by atoms with Gasteiger partial charge in [0.2, 0.25) is 0 Å². The van der Waals surface area contributed by atoms with Crippen LogP contribution in [0, 0.1) is 20.2 Å². The molecule has 0 radical (unpaired) electrons. The van der Waals surface area contributed by atoms with Crippen LogP contribution in [0.4, 0.5) is 22.7 Å². The third-order valence-electron chi connectivity index (χ3n) is 4.07. The van der Waals surface area contributed by atoms with E-state index in [1.54, 1.807) is 12.1 Å². The molecule has 0 spiro atoms. The summed E-state index contributed by atoms with van der Waals surface area (Å²) >= 11 is 12.6. The van der Waals surface area contributed by atoms with Gasteiger partial charge in [0.25, 0.3) is 11.4 Å². The fourth-order valence-corrected chi connectivity index (χ4v) is 2.89. The molecule has 0 aromatic heterocycles. The Hall–Kier alpha value is -4.02. The lowest BCUT2D eigenvalue weighted by Gasteiger charge is -2.05. The minimum absolute atomic E-state index is 0.0188. The highest BCUT2D eigenvalue weighted by Crippen LogP contribution is 2.24. The van der Waals surface area contributed by atoms with E-state index in [2.05, 4.69) is 21.1 Å². The Kier molecular flexibility index (Phi) is 7.32. The summed E-state index contributed by atoms with van der Waals surface area (Å²) in [5.41, 5.74) is 7.69. The van der Waals surface area contributed by atoms with Gasteiger partial charge in [-0.15, -0.1) is 0 Å². The molecule has 0 saturated carbocycles. The van der Waals surface area contributed by atoms with Crippen LogP contribution in [0.25, 0.3) is 0 Å². The van der Waals surface area contributed by atoms with Crippen LogP contribution in [-0.4, -0.2) is 22.3 Å². The number of rotatable bonds is 8. The molecule has 0 fully saturated rings. The first-order chi connectivity index (χ1) is 15.3. The van der Waals surface area contributed by atoms with Crippen molar-refractivity contribution in [1.82, 2.24) is 0 Å². The number of anilines is 2. The van der Waals surface area contributed by atoms with Gasteiger partial charge in [-0.2, -0.15) is 10.2 Å². The lowest BCUT2D eigenvalue weighted by molar-refractivity contribution is -0.385. The first kappa shape index (κ1) is 22.7. The Labute approximate surface area is 191 Å². The molecular weight excluding hydrogens is 459 g/mol. The second kappa shape index (κ2) is 10.3. The summed E-state index contributed by atoms with van der Waals surface area (Å²) in [7, 11) is 0. The van der Waals surface area contributed by atoms with Crippen molar-refractivity contribution in [3.63, 3.8) is 0 Å². The molecule has 0 aliphatic heterocycles. The van der Waals surface area contributed by atoms with Gasteiger partial charge in [0, 0.05) is 35.4 Å². The average Bonchev–Trinajstić information content (AvgIpc) is 2.77. The Morgan fingerprint density at radius 1 is 0.688 bits per heavy atom. The van der Waals surface area contributed by atoms with Crippen LogP contribution in [0.1, 0.15) is 11.1 Å². The molecule has 0 bridgehead atoms. The zero-order chi connectivity index (χ0) is 23.1. The number of non-ortho nitro benzene ring substituents is 2. The third-order valence-corrected chi connectivity index (χ3v) is 4.72. The Balaban J connectivity index is 1.63. The standard InChI is InChI=1S/C20H14Cl2N6O4/c21-19-10-14(12-24-26-16-3-7-18(8-4-16)28(31)32)20(22)9-13(19)11-23-25-15-1-5-17(6-2-15)27(29)30/h1-12,25-26H/b23-11-,24-12+. The first-order valence-corrected chi connectivity index (χ1v) is 9.65. The van der Waals surface area contributed by atoms with Crippen molar-refractivity contribution in [2.45, 2.75) is 0 Å². The smallest absolute Gasteiger partial charge is 0.269 e. The molecule has 3 aromatic carbocycles. The van der Waals surface area contributed by atoms with Gasteiger partial charge >= 0.3 is 0 Å². The maximum atomic E-state index is 10.7. The highest BCUT2D eigenvalue weighted by atomic mass is 35.5. The number of nitro benzene ring substituents is 2. The number of nitrogens with one attached hydrogen (secondary N) is 2. The summed E-state index contributed by atoms with van der Waals surface area (Å²) in [5.74, 6) is 0. The van der Waals surface area contributed by atoms with Crippen LogP contribution in [0.3, 0.4) is 0 Å². The first-order valence-electron chi connectivity index (χ1n) is 8.89. The number of halogens is 2. The van der Waals surface area contributed by atoms with E-state index in [0.717, 1.165) is 0 Å². The molecule has 0 aliphatic carbocycles. The summed E-state index contributed by atoms with van der Waals surface area (Å²) in [6.07, 6.45) is 2.93. The van der Waals surface area contributed by atoms with Crippen molar-refractivity contribution in [3.8, 4) is 0 Å². The van der Waals surface area contributed by atoms with Crippen molar-refractivity contribution in [3.05, 3.63) is 102 Å². The molecule has 12 heteroatoms. The molecule has 10 nitrogen and oxygen atoms in total. The Morgan fingerprint density at radius 3 is 1.34 bits per heavy atom. The van der Waals surface area contributed by atoms with Crippen LogP contribution >= 0.6 is 23.2 Å². The van der Waals surface area contributed by atoms with E-state index in [-0.39, 0.29) is 11.4 Å². The molecule has 0 amide bonds. The molecule has 3 aromatic rings. The van der Waals surface area contributed by atoms with Crippen LogP contribution in [0.5, 0.6) is 0 Å². The van der Waals surface area contributed by atoms with Crippen molar-refractivity contribution in [2.75, 3.05) is 10.9 Å². The summed E-state index contributed by atoms with van der Waals surface area (Å²) in [5, 5.41) is 30.2. The summed E-state index contributed by atoms with van der Waals surface area (Å²) in [6.45, 7) is 0. The van der Waals surface area contributed by atoms with Gasteiger partial charge in [-0.3, -0.25) is 31.1 Å². The highest BCUT2D eigenvalue weighted by molar-refractivity contribution is 6.36. The predicted octanol–water partition coefficient (Wildman–Crippen LogP) is 5.70. The van der Waals surface area contributed by atoms with Gasteiger partial charge in [-0.05, 0) is 36.4 Å². The van der Waals surface area contributed by atoms with Crippen LogP contribution in [0.2, 0.25) is 10.0 Å². The Bertz CT molecular complexity index is 1100. The van der Waals surface area contributed by atoms with Crippen molar-refractivity contribution in [1.29, 1.82) is 0 Å². The summed E-state index contributed by atoms with van der Waals surface area (Å²) in [6, 6.07) is 14.8. The van der Waals surface area contributed by atoms with Crippen LogP contribution in [-0.2, 0) is 0 Å². The molecular formula is C20H14Cl2N6O4. The van der Waals surface area contributed by atoms with Gasteiger partial charge in [0.1, 0.15) is 0 Å². The maximum absolute atomic E-state index is 10.7. The quantitative estimate of drug-likeness (QED) is 0.245. The fourth-order valence-electron chi connectivity index (χ4n) is 2.44. The number of nitro groups is 2. The average molecular weight is 473 g/mol. The van der Waals surface area contributed by atoms with E-state index in [4.69, 9.17) is 23.2 Å². The topological polar surface area (TPSA) is 135 Å². The largest absolute Gasteiger partial charge is 0.278 e. The molecule has 3 rings (SSSR count). The third kappa shape index (κ3) is 6.00. The summed E-state index contributed by atoms with van der Waals surface area (Å²) < 4.78 is 0. The van der Waals surface area contributed by atoms with Crippen LogP contribution < -0.4 is 10.9 Å². The van der Waals surface area contributed by atoms with E-state index in [9.17, 15) is 20.2 Å². The molecule has 32 heavy (non-hydrogen) atoms. The van der Waals surface area contributed by atoms with Gasteiger partial charge in [-0.1, -0.05) is 23.2 Å². The van der Waals surface area contributed by atoms with Crippen molar-refractivity contribution < 1.29 is 9.85 Å². The molecule has 0 atom stereocenters. The van der Waals surface area contributed by atoms with Crippen LogP contribution in [0.15, 0.2) is 70.9 Å². The van der Waals surface area contributed by atoms with E-state index in [1.807, 2.05) is 0 Å².